The summed E-state index contributed by atoms with van der Waals surface area (Å²) in [5.74, 6) is -0.363. The number of hydrogen-bond donors (Lipinski definition) is 2. The second-order valence-electron chi connectivity index (χ2n) is 3.67. The van der Waals surface area contributed by atoms with E-state index >= 15 is 0 Å². The van der Waals surface area contributed by atoms with Crippen LogP contribution in [0.3, 0.4) is 0 Å². The van der Waals surface area contributed by atoms with E-state index in [-0.39, 0.29) is 30.4 Å². The summed E-state index contributed by atoms with van der Waals surface area (Å²) in [4.78, 5) is 13.7. The summed E-state index contributed by atoms with van der Waals surface area (Å²) in [5.41, 5.74) is 0.242. The highest BCUT2D eigenvalue weighted by molar-refractivity contribution is 14.1. The van der Waals surface area contributed by atoms with Crippen LogP contribution < -0.4 is 0 Å². The highest BCUT2D eigenvalue weighted by Crippen LogP contribution is 2.21. The Morgan fingerprint density at radius 1 is 1.44 bits per heavy atom. The average molecular weight is 365 g/mol. The van der Waals surface area contributed by atoms with Gasteiger partial charge in [-0.1, -0.05) is 0 Å². The quantitative estimate of drug-likeness (QED) is 0.741. The van der Waals surface area contributed by atoms with E-state index in [2.05, 4.69) is 22.6 Å². The number of ether oxygens (including phenoxy) is 1. The molecule has 0 aliphatic carbocycles. The second-order valence-corrected chi connectivity index (χ2v) is 4.92. The normalized spacial score (nSPS) is 10.4. The van der Waals surface area contributed by atoms with E-state index in [4.69, 9.17) is 9.84 Å². The van der Waals surface area contributed by atoms with Crippen molar-refractivity contribution in [3.05, 3.63) is 27.3 Å². The fraction of sp³-hybridized carbons (Fsp3) is 0.417. The molecule has 0 saturated carbocycles. The lowest BCUT2D eigenvalue weighted by Crippen LogP contribution is -2.36. The van der Waals surface area contributed by atoms with E-state index in [1.165, 1.54) is 11.0 Å². The number of carbonyl (C=O) groups excluding carboxylic acids is 1. The smallest absolute Gasteiger partial charge is 0.257 e. The Balaban J connectivity index is 2.90. The first-order valence-corrected chi connectivity index (χ1v) is 6.55. The van der Waals surface area contributed by atoms with E-state index in [0.717, 1.165) is 3.57 Å². The first-order chi connectivity index (χ1) is 8.60. The molecule has 5 nitrogen and oxygen atoms in total. The topological polar surface area (TPSA) is 70.0 Å². The van der Waals surface area contributed by atoms with Crippen LogP contribution in [0.25, 0.3) is 0 Å². The molecule has 0 atom stereocenters. The Kier molecular flexibility index (Phi) is 6.37. The summed E-state index contributed by atoms with van der Waals surface area (Å²) in [7, 11) is 1.55. The van der Waals surface area contributed by atoms with Crippen LogP contribution >= 0.6 is 22.6 Å². The van der Waals surface area contributed by atoms with Gasteiger partial charge in [-0.05, 0) is 40.8 Å². The van der Waals surface area contributed by atoms with E-state index in [1.807, 2.05) is 0 Å². The predicted molar refractivity (Wildman–Crippen MR) is 75.7 cm³/mol. The number of phenols is 1. The van der Waals surface area contributed by atoms with Crippen molar-refractivity contribution in [1.29, 1.82) is 0 Å². The highest BCUT2D eigenvalue weighted by atomic mass is 127. The highest BCUT2D eigenvalue weighted by Gasteiger charge is 2.18. The summed E-state index contributed by atoms with van der Waals surface area (Å²) in [6.07, 6.45) is 0. The molecule has 0 saturated heterocycles. The summed E-state index contributed by atoms with van der Waals surface area (Å²) in [5, 5.41) is 18.7. The van der Waals surface area contributed by atoms with Gasteiger partial charge in [-0.15, -0.1) is 0 Å². The number of hydrogen-bond acceptors (Lipinski definition) is 4. The number of carbonyl (C=O) groups is 1. The van der Waals surface area contributed by atoms with E-state index in [9.17, 15) is 9.90 Å². The van der Waals surface area contributed by atoms with Gasteiger partial charge in [0.15, 0.2) is 0 Å². The largest absolute Gasteiger partial charge is 0.507 e. The predicted octanol–water partition coefficient (Wildman–Crippen LogP) is 1.08. The van der Waals surface area contributed by atoms with Gasteiger partial charge in [0.05, 0.1) is 18.8 Å². The third-order valence-corrected chi connectivity index (χ3v) is 3.08. The van der Waals surface area contributed by atoms with Crippen molar-refractivity contribution in [2.75, 3.05) is 33.4 Å². The molecule has 0 aliphatic heterocycles. The average Bonchev–Trinajstić information content (AvgIpc) is 2.36. The molecule has 0 bridgehead atoms. The zero-order valence-corrected chi connectivity index (χ0v) is 12.3. The zero-order valence-electron chi connectivity index (χ0n) is 10.1. The van der Waals surface area contributed by atoms with Crippen LogP contribution in [0.2, 0.25) is 0 Å². The van der Waals surface area contributed by atoms with Gasteiger partial charge in [-0.2, -0.15) is 0 Å². The number of halogens is 1. The lowest BCUT2D eigenvalue weighted by atomic mass is 10.1. The summed E-state index contributed by atoms with van der Waals surface area (Å²) in [6.45, 7) is 0.852. The van der Waals surface area contributed by atoms with Gasteiger partial charge in [0.25, 0.3) is 5.91 Å². The van der Waals surface area contributed by atoms with Crippen LogP contribution in [0.15, 0.2) is 18.2 Å². The molecule has 0 heterocycles. The van der Waals surface area contributed by atoms with Gasteiger partial charge < -0.3 is 19.8 Å². The molecule has 1 rings (SSSR count). The molecule has 2 N–H and O–H groups in total. The SMILES string of the molecule is COCCN(CCO)C(=O)c1cc(I)ccc1O. The molecule has 1 aromatic carbocycles. The zero-order chi connectivity index (χ0) is 13.5. The fourth-order valence-corrected chi connectivity index (χ4v) is 1.98. The molecule has 0 spiro atoms. The molecule has 0 radical (unpaired) electrons. The second kappa shape index (κ2) is 7.55. The van der Waals surface area contributed by atoms with Gasteiger partial charge >= 0.3 is 0 Å². The molecule has 1 aromatic rings. The number of phenolic OH excluding ortho intramolecular Hbond substituents is 1. The van der Waals surface area contributed by atoms with Gasteiger partial charge in [0.2, 0.25) is 0 Å². The maximum atomic E-state index is 12.2. The lowest BCUT2D eigenvalue weighted by Gasteiger charge is -2.21. The maximum Gasteiger partial charge on any atom is 0.257 e. The van der Waals surface area contributed by atoms with Crippen LogP contribution in [0.4, 0.5) is 0 Å². The minimum Gasteiger partial charge on any atom is -0.507 e. The van der Waals surface area contributed by atoms with Crippen molar-refractivity contribution in [2.45, 2.75) is 0 Å². The number of methoxy groups -OCH3 is 1. The molecular weight excluding hydrogens is 349 g/mol. The lowest BCUT2D eigenvalue weighted by molar-refractivity contribution is 0.0653. The molecule has 6 heteroatoms. The molecule has 0 fully saturated rings. The monoisotopic (exact) mass is 365 g/mol. The van der Waals surface area contributed by atoms with E-state index in [1.54, 1.807) is 19.2 Å². The molecule has 18 heavy (non-hydrogen) atoms. The van der Waals surface area contributed by atoms with Crippen molar-refractivity contribution in [2.24, 2.45) is 0 Å². The minimum absolute atomic E-state index is 0.0548. The van der Waals surface area contributed by atoms with Crippen LogP contribution in [-0.4, -0.2) is 54.4 Å². The maximum absolute atomic E-state index is 12.2. The Labute approximate surface area is 120 Å². The van der Waals surface area contributed by atoms with Crippen molar-refractivity contribution >= 4 is 28.5 Å². The van der Waals surface area contributed by atoms with Crippen LogP contribution in [-0.2, 0) is 4.74 Å². The summed E-state index contributed by atoms with van der Waals surface area (Å²) >= 11 is 2.07. The number of nitrogens with zero attached hydrogens (tertiary/aromatic N) is 1. The van der Waals surface area contributed by atoms with Gasteiger partial charge in [0, 0.05) is 23.8 Å². The Hall–Kier alpha value is -0.860. The summed E-state index contributed by atoms with van der Waals surface area (Å²) < 4.78 is 5.78. The van der Waals surface area contributed by atoms with Crippen LogP contribution in [0.1, 0.15) is 10.4 Å². The van der Waals surface area contributed by atoms with Crippen molar-refractivity contribution in [3.63, 3.8) is 0 Å². The standard InChI is InChI=1S/C12H16INO4/c1-18-7-5-14(4-6-15)12(17)10-8-9(13)2-3-11(10)16/h2-3,8,15-16H,4-7H2,1H3. The minimum atomic E-state index is -0.308. The number of benzene rings is 1. The first kappa shape index (κ1) is 15.2. The molecule has 0 unspecified atom stereocenters. The van der Waals surface area contributed by atoms with Crippen molar-refractivity contribution in [3.8, 4) is 5.75 Å². The van der Waals surface area contributed by atoms with Gasteiger partial charge in [-0.25, -0.2) is 0 Å². The number of aromatic hydroxyl groups is 1. The molecule has 0 aliphatic rings. The van der Waals surface area contributed by atoms with Crippen LogP contribution in [0.5, 0.6) is 5.75 Å². The Morgan fingerprint density at radius 2 is 2.17 bits per heavy atom. The molecule has 100 valence electrons. The van der Waals surface area contributed by atoms with Crippen molar-refractivity contribution in [1.82, 2.24) is 4.90 Å². The Morgan fingerprint density at radius 3 is 2.78 bits per heavy atom. The third-order valence-electron chi connectivity index (χ3n) is 2.41. The number of rotatable bonds is 6. The van der Waals surface area contributed by atoms with E-state index < -0.39 is 0 Å². The number of aliphatic hydroxyl groups is 1. The molecular formula is C12H16INO4. The number of aliphatic hydroxyl groups excluding tert-OH is 1. The van der Waals surface area contributed by atoms with Crippen LogP contribution in [0, 0.1) is 3.57 Å². The molecule has 1 amide bonds. The first-order valence-electron chi connectivity index (χ1n) is 5.47. The third kappa shape index (κ3) is 4.11. The Bertz CT molecular complexity index is 411. The fourth-order valence-electron chi connectivity index (χ4n) is 1.49. The number of amides is 1. The van der Waals surface area contributed by atoms with Gasteiger partial charge in [0.1, 0.15) is 5.75 Å². The van der Waals surface area contributed by atoms with Gasteiger partial charge in [-0.3, -0.25) is 4.79 Å². The van der Waals surface area contributed by atoms with Crippen molar-refractivity contribution < 1.29 is 19.7 Å². The van der Waals surface area contributed by atoms with E-state index in [0.29, 0.717) is 13.2 Å². The summed E-state index contributed by atoms with van der Waals surface area (Å²) in [6, 6.07) is 4.83. The molecule has 0 aromatic heterocycles.